The number of hydrogen-bond acceptors (Lipinski definition) is 6. The Bertz CT molecular complexity index is 1090. The van der Waals surface area contributed by atoms with E-state index in [0.29, 0.717) is 35.8 Å². The number of ether oxygens (including phenoxy) is 1. The normalized spacial score (nSPS) is 15.5. The van der Waals surface area contributed by atoms with Gasteiger partial charge in [-0.05, 0) is 55.0 Å². The van der Waals surface area contributed by atoms with Crippen molar-refractivity contribution in [2.75, 3.05) is 11.9 Å². The summed E-state index contributed by atoms with van der Waals surface area (Å²) >= 11 is 0. The molecular weight excluding hydrogens is 389 g/mol. The molecule has 2 aromatic carbocycles. The van der Waals surface area contributed by atoms with Crippen molar-refractivity contribution in [2.24, 2.45) is 5.73 Å². The number of carbonyl (C=O) groups excluding carboxylic acids is 2. The second kappa shape index (κ2) is 8.16. The van der Waals surface area contributed by atoms with Crippen molar-refractivity contribution in [3.63, 3.8) is 0 Å². The van der Waals surface area contributed by atoms with Gasteiger partial charge in [0.25, 0.3) is 5.91 Å². The van der Waals surface area contributed by atoms with Crippen molar-refractivity contribution >= 4 is 17.6 Å². The molecule has 152 valence electrons. The monoisotopic (exact) mass is 407 g/mol. The number of nitrogens with two attached hydrogens (primary N) is 1. The Balaban J connectivity index is 1.58. The van der Waals surface area contributed by atoms with E-state index in [1.165, 1.54) is 30.3 Å². The number of aromatic nitrogens is 2. The zero-order chi connectivity index (χ0) is 21.1. The summed E-state index contributed by atoms with van der Waals surface area (Å²) in [6.07, 6.45) is 0.611. The van der Waals surface area contributed by atoms with Gasteiger partial charge in [0.2, 0.25) is 5.91 Å². The van der Waals surface area contributed by atoms with Gasteiger partial charge in [-0.1, -0.05) is 0 Å². The summed E-state index contributed by atoms with van der Waals surface area (Å²) in [4.78, 5) is 32.1. The summed E-state index contributed by atoms with van der Waals surface area (Å²) < 4.78 is 18.7. The molecule has 0 saturated carbocycles. The Kier molecular flexibility index (Phi) is 5.25. The molecule has 2 heterocycles. The van der Waals surface area contributed by atoms with Gasteiger partial charge in [0.1, 0.15) is 34.9 Å². The maximum Gasteiger partial charge on any atom is 0.267 e. The molecule has 0 unspecified atom stereocenters. The Morgan fingerprint density at radius 1 is 1.10 bits per heavy atom. The highest BCUT2D eigenvalue weighted by Gasteiger charge is 2.24. The van der Waals surface area contributed by atoms with Gasteiger partial charge in [-0.15, -0.1) is 0 Å². The number of benzene rings is 2. The first-order chi connectivity index (χ1) is 14.5. The Labute approximate surface area is 171 Å². The van der Waals surface area contributed by atoms with Crippen LogP contribution in [0.15, 0.2) is 54.6 Å². The van der Waals surface area contributed by atoms with Crippen LogP contribution in [-0.2, 0) is 4.79 Å². The van der Waals surface area contributed by atoms with Gasteiger partial charge in [-0.2, -0.15) is 0 Å². The zero-order valence-corrected chi connectivity index (χ0v) is 15.8. The summed E-state index contributed by atoms with van der Waals surface area (Å²) in [5.41, 5.74) is 6.07. The van der Waals surface area contributed by atoms with Gasteiger partial charge >= 0.3 is 0 Å². The Hall–Kier alpha value is -4.01. The molecule has 1 fully saturated rings. The van der Waals surface area contributed by atoms with Crippen LogP contribution in [0.25, 0.3) is 11.4 Å². The molecule has 3 aromatic rings. The molecule has 1 aliphatic rings. The van der Waals surface area contributed by atoms with Crippen LogP contribution in [0.4, 0.5) is 10.2 Å². The topological polar surface area (TPSA) is 119 Å². The highest BCUT2D eigenvalue weighted by Crippen LogP contribution is 2.25. The second-order valence-corrected chi connectivity index (χ2v) is 6.68. The molecule has 8 nitrogen and oxygen atoms in total. The average Bonchev–Trinajstić information content (AvgIpc) is 3.14. The third kappa shape index (κ3) is 4.35. The molecule has 0 radical (unpaired) electrons. The van der Waals surface area contributed by atoms with Crippen molar-refractivity contribution in [1.82, 2.24) is 15.3 Å². The lowest BCUT2D eigenvalue weighted by atomic mass is 10.2. The number of rotatable bonds is 6. The molecule has 30 heavy (non-hydrogen) atoms. The van der Waals surface area contributed by atoms with E-state index in [-0.39, 0.29) is 23.2 Å². The van der Waals surface area contributed by atoms with Crippen LogP contribution in [0.5, 0.6) is 11.5 Å². The number of anilines is 1. The lowest BCUT2D eigenvalue weighted by molar-refractivity contribution is -0.119. The minimum absolute atomic E-state index is 0.0348. The third-order valence-corrected chi connectivity index (χ3v) is 4.51. The lowest BCUT2D eigenvalue weighted by Crippen LogP contribution is -2.30. The molecule has 1 atom stereocenters. The largest absolute Gasteiger partial charge is 0.457 e. The second-order valence-electron chi connectivity index (χ2n) is 6.68. The van der Waals surface area contributed by atoms with Gasteiger partial charge < -0.3 is 21.1 Å². The van der Waals surface area contributed by atoms with Crippen LogP contribution >= 0.6 is 0 Å². The van der Waals surface area contributed by atoms with Crippen molar-refractivity contribution in [2.45, 2.75) is 12.5 Å². The predicted molar refractivity (Wildman–Crippen MR) is 107 cm³/mol. The number of hydrogen-bond donors (Lipinski definition) is 3. The van der Waals surface area contributed by atoms with Crippen LogP contribution in [-0.4, -0.2) is 34.4 Å². The quantitative estimate of drug-likeness (QED) is 0.578. The maximum absolute atomic E-state index is 13.0. The molecule has 4 rings (SSSR count). The fourth-order valence-electron chi connectivity index (χ4n) is 3.00. The van der Waals surface area contributed by atoms with E-state index in [0.717, 1.165) is 0 Å². The Morgan fingerprint density at radius 2 is 1.77 bits per heavy atom. The SMILES string of the molecule is NC(=O)c1cc(N[C@H]2CCNC2=O)nc(-c2ccc(Oc3ccc(F)cc3)cc2)n1. The van der Waals surface area contributed by atoms with Crippen LogP contribution in [0.3, 0.4) is 0 Å². The van der Waals surface area contributed by atoms with Crippen molar-refractivity contribution in [3.05, 3.63) is 66.1 Å². The summed E-state index contributed by atoms with van der Waals surface area (Å²) in [6.45, 7) is 0.576. The Morgan fingerprint density at radius 3 is 2.37 bits per heavy atom. The minimum Gasteiger partial charge on any atom is -0.457 e. The van der Waals surface area contributed by atoms with Gasteiger partial charge in [0.05, 0.1) is 0 Å². The van der Waals surface area contributed by atoms with Crippen molar-refractivity contribution < 1.29 is 18.7 Å². The number of amides is 2. The summed E-state index contributed by atoms with van der Waals surface area (Å²) in [5, 5.41) is 5.75. The number of primary amides is 1. The number of nitrogens with one attached hydrogen (secondary N) is 2. The summed E-state index contributed by atoms with van der Waals surface area (Å²) in [6, 6.07) is 13.5. The van der Waals surface area contributed by atoms with E-state index < -0.39 is 11.9 Å². The summed E-state index contributed by atoms with van der Waals surface area (Å²) in [5.74, 6) is 0.480. The molecule has 0 bridgehead atoms. The van der Waals surface area contributed by atoms with E-state index in [9.17, 15) is 14.0 Å². The average molecular weight is 407 g/mol. The summed E-state index contributed by atoms with van der Waals surface area (Å²) in [7, 11) is 0. The molecular formula is C21H18FN5O3. The molecule has 1 aromatic heterocycles. The highest BCUT2D eigenvalue weighted by molar-refractivity contribution is 5.92. The number of halogens is 1. The fraction of sp³-hybridized carbons (Fsp3) is 0.143. The van der Waals surface area contributed by atoms with E-state index >= 15 is 0 Å². The number of nitrogens with zero attached hydrogens (tertiary/aromatic N) is 2. The molecule has 0 aliphatic carbocycles. The third-order valence-electron chi connectivity index (χ3n) is 4.51. The van der Waals surface area contributed by atoms with Gasteiger partial charge in [0.15, 0.2) is 5.82 Å². The lowest BCUT2D eigenvalue weighted by Gasteiger charge is -2.13. The minimum atomic E-state index is -0.700. The van der Waals surface area contributed by atoms with Gasteiger partial charge in [0, 0.05) is 18.2 Å². The van der Waals surface area contributed by atoms with E-state index in [1.807, 2.05) is 0 Å². The maximum atomic E-state index is 13.0. The van der Waals surface area contributed by atoms with E-state index in [2.05, 4.69) is 20.6 Å². The van der Waals surface area contributed by atoms with E-state index in [1.54, 1.807) is 24.3 Å². The molecule has 1 aliphatic heterocycles. The van der Waals surface area contributed by atoms with Gasteiger partial charge in [-0.3, -0.25) is 9.59 Å². The fourth-order valence-corrected chi connectivity index (χ4v) is 3.00. The predicted octanol–water partition coefficient (Wildman–Crippen LogP) is 2.47. The molecule has 9 heteroatoms. The first-order valence-corrected chi connectivity index (χ1v) is 9.25. The van der Waals surface area contributed by atoms with E-state index in [4.69, 9.17) is 10.5 Å². The van der Waals surface area contributed by atoms with Crippen LogP contribution in [0, 0.1) is 5.82 Å². The molecule has 1 saturated heterocycles. The first-order valence-electron chi connectivity index (χ1n) is 9.25. The molecule has 2 amide bonds. The van der Waals surface area contributed by atoms with Crippen LogP contribution < -0.4 is 21.1 Å². The molecule has 0 spiro atoms. The first kappa shape index (κ1) is 19.3. The number of carbonyl (C=O) groups is 2. The van der Waals surface area contributed by atoms with Crippen LogP contribution in [0.2, 0.25) is 0 Å². The smallest absolute Gasteiger partial charge is 0.267 e. The zero-order valence-electron chi connectivity index (χ0n) is 15.8. The van der Waals surface area contributed by atoms with Crippen molar-refractivity contribution in [3.8, 4) is 22.9 Å². The van der Waals surface area contributed by atoms with Gasteiger partial charge in [-0.25, -0.2) is 14.4 Å². The molecule has 4 N–H and O–H groups in total. The highest BCUT2D eigenvalue weighted by atomic mass is 19.1. The standard InChI is InChI=1S/C21H18FN5O3/c22-13-3-7-15(8-4-13)30-14-5-1-12(2-6-14)20-26-17(19(23)28)11-18(27-20)25-16-9-10-24-21(16)29/h1-8,11,16H,9-10H2,(H2,23,28)(H,24,29)(H,25,26,27)/t16-/m0/s1. The van der Waals surface area contributed by atoms with Crippen LogP contribution in [0.1, 0.15) is 16.9 Å². The van der Waals surface area contributed by atoms with Crippen molar-refractivity contribution in [1.29, 1.82) is 0 Å².